The van der Waals surface area contributed by atoms with Crippen molar-refractivity contribution in [3.05, 3.63) is 46.1 Å². The molecule has 1 aromatic carbocycles. The zero-order valence-electron chi connectivity index (χ0n) is 20.5. The lowest BCUT2D eigenvalue weighted by Gasteiger charge is -2.52. The summed E-state index contributed by atoms with van der Waals surface area (Å²) in [5.41, 5.74) is 3.27. The summed E-state index contributed by atoms with van der Waals surface area (Å²) in [5, 5.41) is 25.0. The molecule has 38 heavy (non-hydrogen) atoms. The van der Waals surface area contributed by atoms with Gasteiger partial charge in [0.05, 0.1) is 17.5 Å². The van der Waals surface area contributed by atoms with Crippen molar-refractivity contribution in [2.45, 2.75) is 31.0 Å². The first kappa shape index (κ1) is 25.6. The lowest BCUT2D eigenvalue weighted by molar-refractivity contribution is -0.181. The van der Waals surface area contributed by atoms with Gasteiger partial charge in [0.1, 0.15) is 23.8 Å². The van der Waals surface area contributed by atoms with Crippen molar-refractivity contribution in [2.75, 3.05) is 14.1 Å². The van der Waals surface area contributed by atoms with E-state index in [0.717, 1.165) is 0 Å². The Kier molecular flexibility index (Phi) is 5.91. The van der Waals surface area contributed by atoms with Gasteiger partial charge in [0.25, 0.3) is 0 Å². The predicted octanol–water partition coefficient (Wildman–Crippen LogP) is 0.393. The SMILES string of the molecule is CN(C)[C@@H]1C(=O)C(C(N)=O)C(=O)[C@@]2(O)C(=O)C3C(=O)c4c(O)ccc(-c5ccc(CN=O)o5)c4C[C@H]3C[C@@H]12. The molecule has 1 heterocycles. The first-order valence-corrected chi connectivity index (χ1v) is 12.0. The molecule has 12 heteroatoms. The van der Waals surface area contributed by atoms with Crippen molar-refractivity contribution in [3.8, 4) is 17.1 Å². The van der Waals surface area contributed by atoms with E-state index < -0.39 is 64.4 Å². The lowest BCUT2D eigenvalue weighted by Crippen LogP contribution is -2.74. The van der Waals surface area contributed by atoms with Crippen molar-refractivity contribution in [2.24, 2.45) is 34.6 Å². The largest absolute Gasteiger partial charge is 0.507 e. The smallest absolute Gasteiger partial charge is 0.235 e. The fourth-order valence-corrected chi connectivity index (χ4v) is 6.51. The zero-order valence-corrected chi connectivity index (χ0v) is 20.5. The maximum atomic E-state index is 13.8. The molecular formula is C26H25N3O9. The molecule has 2 saturated carbocycles. The third-order valence-electron chi connectivity index (χ3n) is 8.09. The Morgan fingerprint density at radius 3 is 2.50 bits per heavy atom. The molecule has 5 rings (SSSR count). The molecule has 6 atom stereocenters. The monoisotopic (exact) mass is 523 g/mol. The van der Waals surface area contributed by atoms with Gasteiger partial charge in [-0.1, -0.05) is 5.18 Å². The molecule has 198 valence electrons. The highest BCUT2D eigenvalue weighted by molar-refractivity contribution is 6.32. The van der Waals surface area contributed by atoms with Gasteiger partial charge in [0, 0.05) is 11.5 Å². The highest BCUT2D eigenvalue weighted by Crippen LogP contribution is 2.51. The van der Waals surface area contributed by atoms with Crippen LogP contribution in [0.15, 0.2) is 33.9 Å². The minimum atomic E-state index is -2.78. The molecule has 1 aromatic heterocycles. The number of benzene rings is 1. The molecule has 4 N–H and O–H groups in total. The van der Waals surface area contributed by atoms with E-state index in [1.165, 1.54) is 25.1 Å². The molecule has 0 saturated heterocycles. The van der Waals surface area contributed by atoms with Crippen LogP contribution in [-0.2, 0) is 32.1 Å². The Balaban J connectivity index is 1.64. The molecule has 3 aliphatic rings. The van der Waals surface area contributed by atoms with Crippen LogP contribution in [0.25, 0.3) is 11.3 Å². The van der Waals surface area contributed by atoms with Gasteiger partial charge in [-0.2, -0.15) is 4.91 Å². The average Bonchev–Trinajstić information content (AvgIpc) is 3.29. The fraction of sp³-hybridized carbons (Fsp3) is 0.423. The molecule has 0 aliphatic heterocycles. The van der Waals surface area contributed by atoms with Crippen LogP contribution >= 0.6 is 0 Å². The van der Waals surface area contributed by atoms with Crippen molar-refractivity contribution in [1.82, 2.24) is 4.90 Å². The molecule has 2 fully saturated rings. The Hall–Kier alpha value is -4.03. The van der Waals surface area contributed by atoms with Gasteiger partial charge < -0.3 is 20.4 Å². The number of hydrogen-bond acceptors (Lipinski definition) is 11. The summed E-state index contributed by atoms with van der Waals surface area (Å²) in [5.74, 6) is -10.5. The number of aromatic hydroxyl groups is 1. The van der Waals surface area contributed by atoms with E-state index in [0.29, 0.717) is 22.6 Å². The zero-order chi connectivity index (χ0) is 27.7. The van der Waals surface area contributed by atoms with Gasteiger partial charge >= 0.3 is 0 Å². The molecule has 1 amide bonds. The average molecular weight is 523 g/mol. The van der Waals surface area contributed by atoms with Crippen LogP contribution < -0.4 is 5.73 Å². The second kappa shape index (κ2) is 8.77. The number of ketones is 4. The normalized spacial score (nSPS) is 30.6. The Morgan fingerprint density at radius 2 is 1.87 bits per heavy atom. The van der Waals surface area contributed by atoms with E-state index >= 15 is 0 Å². The minimum Gasteiger partial charge on any atom is -0.507 e. The van der Waals surface area contributed by atoms with Gasteiger partial charge in [0.15, 0.2) is 34.7 Å². The number of phenolic OH excluding ortho intramolecular Hbond substituents is 1. The van der Waals surface area contributed by atoms with Crippen molar-refractivity contribution < 1.29 is 38.6 Å². The number of Topliss-reactive ketones (excluding diaryl/α,β-unsaturated/α-hetero) is 4. The minimum absolute atomic E-state index is 0.0581. The van der Waals surface area contributed by atoms with Gasteiger partial charge in [-0.25, -0.2) is 0 Å². The first-order chi connectivity index (χ1) is 17.9. The second-order valence-electron chi connectivity index (χ2n) is 10.3. The van der Waals surface area contributed by atoms with E-state index in [-0.39, 0.29) is 30.7 Å². The molecule has 0 bridgehead atoms. The molecule has 2 aromatic rings. The number of rotatable bonds is 5. The third-order valence-corrected chi connectivity index (χ3v) is 8.09. The summed E-state index contributed by atoms with van der Waals surface area (Å²) in [6, 6.07) is 4.80. The standard InChI is InChI=1S/C26H25N3O9/c1-29(2)20-14-8-10-7-13-12(16-6-3-11(38-16)9-28-37)4-5-15(30)18(13)21(31)17(10)23(33)26(14,36)24(34)19(22(20)32)25(27)35/h3-6,10,14,17,19-20,30,36H,7-9H2,1-2H3,(H2,27,35)/t10-,14-,17?,19?,20-,26-/m0/s1. The van der Waals surface area contributed by atoms with Gasteiger partial charge in [-0.05, 0) is 62.7 Å². The third kappa shape index (κ3) is 3.40. The number of aliphatic hydroxyl groups is 1. The van der Waals surface area contributed by atoms with Crippen LogP contribution in [0, 0.1) is 28.6 Å². The Morgan fingerprint density at radius 1 is 1.16 bits per heavy atom. The number of carbonyl (C=O) groups is 5. The number of furan rings is 1. The first-order valence-electron chi connectivity index (χ1n) is 12.0. The van der Waals surface area contributed by atoms with Gasteiger partial charge in [-0.15, -0.1) is 0 Å². The summed E-state index contributed by atoms with van der Waals surface area (Å²) in [6.07, 6.45) is 0.0367. The summed E-state index contributed by atoms with van der Waals surface area (Å²) in [7, 11) is 3.04. The van der Waals surface area contributed by atoms with Crippen LogP contribution in [0.4, 0.5) is 0 Å². The van der Waals surface area contributed by atoms with Crippen molar-refractivity contribution in [1.29, 1.82) is 0 Å². The van der Waals surface area contributed by atoms with Gasteiger partial charge in [-0.3, -0.25) is 28.9 Å². The fourth-order valence-electron chi connectivity index (χ4n) is 6.51. The number of amides is 1. The molecule has 0 spiro atoms. The number of primary amides is 1. The van der Waals surface area contributed by atoms with Crippen molar-refractivity contribution >= 4 is 29.0 Å². The number of hydrogen-bond donors (Lipinski definition) is 3. The maximum absolute atomic E-state index is 13.8. The maximum Gasteiger partial charge on any atom is 0.235 e. The lowest BCUT2D eigenvalue weighted by atomic mass is 9.52. The molecule has 3 aliphatic carbocycles. The summed E-state index contributed by atoms with van der Waals surface area (Å²) < 4.78 is 5.69. The van der Waals surface area contributed by atoms with Crippen molar-refractivity contribution in [3.63, 3.8) is 0 Å². The summed E-state index contributed by atoms with van der Waals surface area (Å²) in [4.78, 5) is 78.1. The number of nitrogens with two attached hydrogens (primary N) is 1. The predicted molar refractivity (Wildman–Crippen MR) is 129 cm³/mol. The number of nitrogens with zero attached hydrogens (tertiary/aromatic N) is 2. The number of nitroso groups, excluding NO2 is 1. The number of phenols is 1. The molecule has 0 radical (unpaired) electrons. The van der Waals surface area contributed by atoms with E-state index in [9.17, 15) is 39.1 Å². The quantitative estimate of drug-likeness (QED) is 0.364. The van der Waals surface area contributed by atoms with E-state index in [4.69, 9.17) is 10.2 Å². The summed E-state index contributed by atoms with van der Waals surface area (Å²) >= 11 is 0. The summed E-state index contributed by atoms with van der Waals surface area (Å²) in [6.45, 7) is -0.195. The number of likely N-dealkylation sites (N-methyl/N-ethyl adjacent to an activating group) is 1. The highest BCUT2D eigenvalue weighted by Gasteiger charge is 2.69. The molecule has 12 nitrogen and oxygen atoms in total. The Labute approximate surface area is 215 Å². The van der Waals surface area contributed by atoms with E-state index in [2.05, 4.69) is 5.18 Å². The Bertz CT molecular complexity index is 1430. The van der Waals surface area contributed by atoms with Crippen LogP contribution in [0.2, 0.25) is 0 Å². The second-order valence-corrected chi connectivity index (χ2v) is 10.3. The topological polar surface area (TPSA) is 198 Å². The highest BCUT2D eigenvalue weighted by atomic mass is 16.3. The molecule has 2 unspecified atom stereocenters. The van der Waals surface area contributed by atoms with Crippen LogP contribution in [0.3, 0.4) is 0 Å². The van der Waals surface area contributed by atoms with E-state index in [1.54, 1.807) is 18.2 Å². The van der Waals surface area contributed by atoms with Crippen LogP contribution in [-0.4, -0.2) is 69.9 Å². The molecular weight excluding hydrogens is 498 g/mol. The van der Waals surface area contributed by atoms with Gasteiger partial charge in [0.2, 0.25) is 5.91 Å². The van der Waals surface area contributed by atoms with Crippen LogP contribution in [0.1, 0.15) is 28.1 Å². The number of fused-ring (bicyclic) bond motifs is 3. The van der Waals surface area contributed by atoms with E-state index in [1.807, 2.05) is 0 Å². The van der Waals surface area contributed by atoms with Crippen LogP contribution in [0.5, 0.6) is 5.75 Å². The number of carbonyl (C=O) groups excluding carboxylic acids is 5.